The van der Waals surface area contributed by atoms with Gasteiger partial charge in [-0.1, -0.05) is 18.2 Å². The van der Waals surface area contributed by atoms with Crippen LogP contribution in [-0.2, 0) is 12.8 Å². The van der Waals surface area contributed by atoms with E-state index in [9.17, 15) is 4.39 Å². The van der Waals surface area contributed by atoms with Gasteiger partial charge < -0.3 is 5.73 Å². The Bertz CT molecular complexity index is 436. The molecule has 1 nitrogen and oxygen atoms in total. The van der Waals surface area contributed by atoms with E-state index in [1.165, 1.54) is 17.0 Å². The molecule has 17 heavy (non-hydrogen) atoms. The van der Waals surface area contributed by atoms with Crippen molar-refractivity contribution in [1.29, 1.82) is 0 Å². The number of hydrogen-bond donors (Lipinski definition) is 1. The van der Waals surface area contributed by atoms with Gasteiger partial charge in [0.2, 0.25) is 0 Å². The van der Waals surface area contributed by atoms with Crippen LogP contribution in [0.15, 0.2) is 41.8 Å². The summed E-state index contributed by atoms with van der Waals surface area (Å²) in [7, 11) is 0. The molecule has 0 aliphatic rings. The lowest BCUT2D eigenvalue weighted by Crippen LogP contribution is -2.23. The SMILES string of the molecule is NC(CCc1cccs1)Cc1ccc(F)cc1. The van der Waals surface area contributed by atoms with E-state index in [0.29, 0.717) is 0 Å². The number of halogens is 1. The average molecular weight is 249 g/mol. The molecule has 1 aromatic carbocycles. The summed E-state index contributed by atoms with van der Waals surface area (Å²) in [6, 6.07) is 10.9. The largest absolute Gasteiger partial charge is 0.327 e. The van der Waals surface area contributed by atoms with Gasteiger partial charge in [0, 0.05) is 10.9 Å². The van der Waals surface area contributed by atoms with Crippen molar-refractivity contribution in [2.45, 2.75) is 25.3 Å². The van der Waals surface area contributed by atoms with Gasteiger partial charge in [-0.15, -0.1) is 11.3 Å². The lowest BCUT2D eigenvalue weighted by Gasteiger charge is -2.10. The van der Waals surface area contributed by atoms with Crippen molar-refractivity contribution >= 4 is 11.3 Å². The minimum absolute atomic E-state index is 0.141. The second-order valence-corrected chi connectivity index (χ2v) is 5.24. The number of thiophene rings is 1. The first kappa shape index (κ1) is 12.3. The highest BCUT2D eigenvalue weighted by Crippen LogP contribution is 2.13. The molecule has 2 N–H and O–H groups in total. The van der Waals surface area contributed by atoms with Crippen LogP contribution in [0, 0.1) is 5.82 Å². The van der Waals surface area contributed by atoms with E-state index < -0.39 is 0 Å². The molecule has 1 unspecified atom stereocenters. The smallest absolute Gasteiger partial charge is 0.123 e. The van der Waals surface area contributed by atoms with Gasteiger partial charge in [-0.25, -0.2) is 4.39 Å². The van der Waals surface area contributed by atoms with Crippen LogP contribution in [-0.4, -0.2) is 6.04 Å². The number of nitrogens with two attached hydrogens (primary N) is 1. The maximum Gasteiger partial charge on any atom is 0.123 e. The van der Waals surface area contributed by atoms with E-state index in [-0.39, 0.29) is 11.9 Å². The highest BCUT2D eigenvalue weighted by atomic mass is 32.1. The first-order chi connectivity index (χ1) is 8.24. The van der Waals surface area contributed by atoms with Crippen LogP contribution in [0.5, 0.6) is 0 Å². The maximum atomic E-state index is 12.7. The summed E-state index contributed by atoms with van der Waals surface area (Å²) in [5, 5.41) is 2.08. The van der Waals surface area contributed by atoms with Gasteiger partial charge in [0.1, 0.15) is 5.82 Å². The average Bonchev–Trinajstić information content (AvgIpc) is 2.83. The van der Waals surface area contributed by atoms with Crippen LogP contribution in [0.25, 0.3) is 0 Å². The van der Waals surface area contributed by atoms with E-state index in [2.05, 4.69) is 17.5 Å². The number of aryl methyl sites for hydroxylation is 1. The monoisotopic (exact) mass is 249 g/mol. The van der Waals surface area contributed by atoms with Crippen LogP contribution < -0.4 is 5.73 Å². The maximum absolute atomic E-state index is 12.7. The Morgan fingerprint density at radius 2 is 1.94 bits per heavy atom. The van der Waals surface area contributed by atoms with Crippen molar-refractivity contribution in [3.63, 3.8) is 0 Å². The summed E-state index contributed by atoms with van der Waals surface area (Å²) in [6.45, 7) is 0. The molecule has 0 amide bonds. The quantitative estimate of drug-likeness (QED) is 0.863. The summed E-state index contributed by atoms with van der Waals surface area (Å²) in [5.41, 5.74) is 7.17. The third-order valence-corrected chi connectivity index (χ3v) is 3.69. The molecule has 3 heteroatoms. The molecule has 0 aliphatic carbocycles. The molecule has 0 saturated carbocycles. The summed E-state index contributed by atoms with van der Waals surface area (Å²) < 4.78 is 12.7. The van der Waals surface area contributed by atoms with Crippen molar-refractivity contribution in [2.24, 2.45) is 5.73 Å². The Balaban J connectivity index is 1.80. The molecule has 0 bridgehead atoms. The molecule has 0 radical (unpaired) electrons. The van der Waals surface area contributed by atoms with Crippen molar-refractivity contribution in [3.05, 3.63) is 58.0 Å². The van der Waals surface area contributed by atoms with E-state index in [1.54, 1.807) is 23.5 Å². The van der Waals surface area contributed by atoms with Gasteiger partial charge >= 0.3 is 0 Å². The van der Waals surface area contributed by atoms with Crippen molar-refractivity contribution in [2.75, 3.05) is 0 Å². The van der Waals surface area contributed by atoms with Gasteiger partial charge in [0.15, 0.2) is 0 Å². The molecule has 0 spiro atoms. The zero-order valence-corrected chi connectivity index (χ0v) is 10.4. The molecule has 2 aromatic rings. The molecule has 0 aliphatic heterocycles. The minimum atomic E-state index is -0.194. The Morgan fingerprint density at radius 3 is 2.59 bits per heavy atom. The molecular formula is C14H16FNS. The summed E-state index contributed by atoms with van der Waals surface area (Å²) in [5.74, 6) is -0.194. The zero-order valence-electron chi connectivity index (χ0n) is 9.60. The zero-order chi connectivity index (χ0) is 12.1. The summed E-state index contributed by atoms with van der Waals surface area (Å²) >= 11 is 1.77. The number of rotatable bonds is 5. The lowest BCUT2D eigenvalue weighted by atomic mass is 10.0. The molecule has 1 aromatic heterocycles. The standard InChI is InChI=1S/C14H16FNS/c15-12-5-3-11(4-6-12)10-13(16)7-8-14-2-1-9-17-14/h1-6,9,13H,7-8,10,16H2. The van der Waals surface area contributed by atoms with Crippen molar-refractivity contribution in [3.8, 4) is 0 Å². The molecule has 90 valence electrons. The van der Waals surface area contributed by atoms with Gasteiger partial charge in [0.25, 0.3) is 0 Å². The third-order valence-electron chi connectivity index (χ3n) is 2.75. The highest BCUT2D eigenvalue weighted by molar-refractivity contribution is 7.09. The van der Waals surface area contributed by atoms with Crippen LogP contribution in [0.2, 0.25) is 0 Å². The fraction of sp³-hybridized carbons (Fsp3) is 0.286. The predicted molar refractivity (Wildman–Crippen MR) is 70.7 cm³/mol. The van der Waals surface area contributed by atoms with Crippen LogP contribution in [0.4, 0.5) is 4.39 Å². The van der Waals surface area contributed by atoms with Gasteiger partial charge in [-0.3, -0.25) is 0 Å². The molecule has 0 saturated heterocycles. The Labute approximate surface area is 105 Å². The topological polar surface area (TPSA) is 26.0 Å². The summed E-state index contributed by atoms with van der Waals surface area (Å²) in [4.78, 5) is 1.37. The first-order valence-corrected chi connectivity index (χ1v) is 6.64. The second-order valence-electron chi connectivity index (χ2n) is 4.21. The van der Waals surface area contributed by atoms with Crippen LogP contribution in [0.3, 0.4) is 0 Å². The van der Waals surface area contributed by atoms with Gasteiger partial charge in [0.05, 0.1) is 0 Å². The number of hydrogen-bond acceptors (Lipinski definition) is 2. The van der Waals surface area contributed by atoms with E-state index in [1.807, 2.05) is 0 Å². The fourth-order valence-corrected chi connectivity index (χ4v) is 2.53. The summed E-state index contributed by atoms with van der Waals surface area (Å²) in [6.07, 6.45) is 2.81. The van der Waals surface area contributed by atoms with E-state index in [4.69, 9.17) is 5.73 Å². The van der Waals surface area contributed by atoms with Crippen LogP contribution >= 0.6 is 11.3 Å². The second kappa shape index (κ2) is 5.94. The molecule has 1 atom stereocenters. The Hall–Kier alpha value is -1.19. The fourth-order valence-electron chi connectivity index (χ4n) is 1.81. The van der Waals surface area contributed by atoms with Crippen molar-refractivity contribution in [1.82, 2.24) is 0 Å². The highest BCUT2D eigenvalue weighted by Gasteiger charge is 2.05. The van der Waals surface area contributed by atoms with Crippen molar-refractivity contribution < 1.29 is 4.39 Å². The van der Waals surface area contributed by atoms with Crippen LogP contribution in [0.1, 0.15) is 16.9 Å². The number of benzene rings is 1. The molecule has 2 rings (SSSR count). The Kier molecular flexibility index (Phi) is 4.29. The molecule has 1 heterocycles. The third kappa shape index (κ3) is 3.95. The normalized spacial score (nSPS) is 12.6. The van der Waals surface area contributed by atoms with E-state index in [0.717, 1.165) is 24.8 Å². The van der Waals surface area contributed by atoms with Gasteiger partial charge in [-0.05, 0) is 48.4 Å². The lowest BCUT2D eigenvalue weighted by molar-refractivity contribution is 0.607. The van der Waals surface area contributed by atoms with E-state index >= 15 is 0 Å². The molecule has 0 fully saturated rings. The Morgan fingerprint density at radius 1 is 1.18 bits per heavy atom. The van der Waals surface area contributed by atoms with Gasteiger partial charge in [-0.2, -0.15) is 0 Å². The first-order valence-electron chi connectivity index (χ1n) is 5.76. The predicted octanol–water partition coefficient (Wildman–Crippen LogP) is 3.39. The minimum Gasteiger partial charge on any atom is -0.327 e. The molecular weight excluding hydrogens is 233 g/mol.